The molecule has 0 spiro atoms. The highest BCUT2D eigenvalue weighted by Crippen LogP contribution is 2.33. The minimum Gasteiger partial charge on any atom is -0.435 e. The SMILES string of the molecule is O=C(Nc1nc2ccc(OC(F)F)cc2s1)c1cc2nc(-c3ccc(F)cc3)cc(C(F)(F)F)n2n1. The van der Waals surface area contributed by atoms with E-state index in [9.17, 15) is 31.1 Å². The molecule has 184 valence electrons. The maximum absolute atomic E-state index is 13.8. The summed E-state index contributed by atoms with van der Waals surface area (Å²) in [4.78, 5) is 21.0. The van der Waals surface area contributed by atoms with Crippen LogP contribution in [0.4, 0.5) is 31.5 Å². The highest BCUT2D eigenvalue weighted by atomic mass is 32.1. The number of thiazole rings is 1. The molecule has 0 saturated carbocycles. The van der Waals surface area contributed by atoms with Gasteiger partial charge in [-0.15, -0.1) is 0 Å². The number of aromatic nitrogens is 4. The molecule has 5 rings (SSSR count). The first-order valence-corrected chi connectivity index (χ1v) is 10.8. The Balaban J connectivity index is 1.48. The lowest BCUT2D eigenvalue weighted by molar-refractivity contribution is -0.142. The summed E-state index contributed by atoms with van der Waals surface area (Å²) < 4.78 is 84.6. The number of alkyl halides is 5. The van der Waals surface area contributed by atoms with Gasteiger partial charge in [0.1, 0.15) is 11.6 Å². The van der Waals surface area contributed by atoms with Crippen LogP contribution in [0.5, 0.6) is 5.75 Å². The third kappa shape index (κ3) is 4.66. The average Bonchev–Trinajstić information content (AvgIpc) is 3.41. The number of benzene rings is 2. The van der Waals surface area contributed by atoms with Crippen molar-refractivity contribution in [3.05, 3.63) is 71.8 Å². The topological polar surface area (TPSA) is 81.4 Å². The van der Waals surface area contributed by atoms with Crippen molar-refractivity contribution in [2.24, 2.45) is 0 Å². The summed E-state index contributed by atoms with van der Waals surface area (Å²) in [5.74, 6) is -1.52. The van der Waals surface area contributed by atoms with Crippen molar-refractivity contribution in [1.29, 1.82) is 0 Å². The molecule has 1 N–H and O–H groups in total. The van der Waals surface area contributed by atoms with Gasteiger partial charge in [-0.25, -0.2) is 18.9 Å². The van der Waals surface area contributed by atoms with Gasteiger partial charge in [0.25, 0.3) is 5.91 Å². The lowest BCUT2D eigenvalue weighted by atomic mass is 10.1. The summed E-state index contributed by atoms with van der Waals surface area (Å²) in [6.07, 6.45) is -4.83. The van der Waals surface area contributed by atoms with Crippen LogP contribution in [0.25, 0.3) is 27.1 Å². The number of halogens is 6. The smallest absolute Gasteiger partial charge is 0.433 e. The average molecular weight is 523 g/mol. The number of fused-ring (bicyclic) bond motifs is 2. The summed E-state index contributed by atoms with van der Waals surface area (Å²) in [5.41, 5.74) is -1.28. The van der Waals surface area contributed by atoms with E-state index >= 15 is 0 Å². The number of nitrogens with one attached hydrogen (secondary N) is 1. The van der Waals surface area contributed by atoms with E-state index in [4.69, 9.17) is 0 Å². The largest absolute Gasteiger partial charge is 0.435 e. The van der Waals surface area contributed by atoms with Crippen LogP contribution in [-0.2, 0) is 6.18 Å². The molecule has 2 aromatic carbocycles. The zero-order chi connectivity index (χ0) is 25.6. The van der Waals surface area contributed by atoms with E-state index < -0.39 is 30.2 Å². The van der Waals surface area contributed by atoms with Gasteiger partial charge in [-0.3, -0.25) is 10.1 Å². The van der Waals surface area contributed by atoms with Gasteiger partial charge in [-0.2, -0.15) is 27.1 Å². The minimum absolute atomic E-state index is 0.0669. The second-order valence-corrected chi connectivity index (χ2v) is 8.34. The van der Waals surface area contributed by atoms with Crippen molar-refractivity contribution in [2.75, 3.05) is 5.32 Å². The zero-order valence-corrected chi connectivity index (χ0v) is 18.4. The Morgan fingerprint density at radius 2 is 1.78 bits per heavy atom. The molecule has 7 nitrogen and oxygen atoms in total. The fraction of sp³-hybridized carbons (Fsp3) is 0.0909. The van der Waals surface area contributed by atoms with E-state index in [1.54, 1.807) is 0 Å². The molecule has 0 aliphatic carbocycles. The van der Waals surface area contributed by atoms with Crippen molar-refractivity contribution in [3.63, 3.8) is 0 Å². The van der Waals surface area contributed by atoms with Crippen LogP contribution >= 0.6 is 11.3 Å². The van der Waals surface area contributed by atoms with Crippen LogP contribution in [0.15, 0.2) is 54.6 Å². The predicted octanol–water partition coefficient (Wildman–Crippen LogP) is 6.02. The van der Waals surface area contributed by atoms with Gasteiger partial charge in [0, 0.05) is 11.6 Å². The van der Waals surface area contributed by atoms with Crippen LogP contribution in [0, 0.1) is 5.82 Å². The summed E-state index contributed by atoms with van der Waals surface area (Å²) >= 11 is 0.948. The van der Waals surface area contributed by atoms with Gasteiger partial charge in [0.05, 0.1) is 15.9 Å². The van der Waals surface area contributed by atoms with Gasteiger partial charge >= 0.3 is 12.8 Å². The number of amides is 1. The summed E-state index contributed by atoms with van der Waals surface area (Å²) in [5, 5.41) is 6.26. The molecule has 0 atom stereocenters. The van der Waals surface area contributed by atoms with E-state index in [1.807, 2.05) is 0 Å². The standard InChI is InChI=1S/C22H11F6N5O2S/c23-11-3-1-10(2-4-11)14-8-17(22(26,27)28)33-18(29-14)9-15(32-33)19(34)31-21-30-13-6-5-12(35-20(24)25)7-16(13)36-21/h1-9,20H,(H,30,31,34). The van der Waals surface area contributed by atoms with Crippen LogP contribution in [0.2, 0.25) is 0 Å². The lowest BCUT2D eigenvalue weighted by Crippen LogP contribution is -2.15. The molecule has 14 heteroatoms. The molecule has 0 aliphatic heterocycles. The monoisotopic (exact) mass is 523 g/mol. The van der Waals surface area contributed by atoms with Crippen LogP contribution < -0.4 is 10.1 Å². The molecule has 0 fully saturated rings. The van der Waals surface area contributed by atoms with Crippen LogP contribution in [-0.4, -0.2) is 32.1 Å². The second kappa shape index (κ2) is 8.78. The molecule has 0 aliphatic rings. The third-order valence-corrected chi connectivity index (χ3v) is 5.83. The Kier molecular flexibility index (Phi) is 5.74. The zero-order valence-electron chi connectivity index (χ0n) is 17.6. The summed E-state index contributed by atoms with van der Waals surface area (Å²) in [6, 6.07) is 10.6. The Morgan fingerprint density at radius 1 is 1.03 bits per heavy atom. The molecule has 3 aromatic heterocycles. The first-order chi connectivity index (χ1) is 17.1. The van der Waals surface area contributed by atoms with Gasteiger partial charge in [-0.05, 0) is 48.5 Å². The summed E-state index contributed by atoms with van der Waals surface area (Å²) in [6.45, 7) is -3.01. The molecule has 1 amide bonds. The first-order valence-electron chi connectivity index (χ1n) is 9.97. The maximum Gasteiger partial charge on any atom is 0.433 e. The Labute approximate surface area is 201 Å². The molecular formula is C22H11F6N5O2S. The van der Waals surface area contributed by atoms with Gasteiger partial charge in [0.2, 0.25) is 0 Å². The van der Waals surface area contributed by atoms with Crippen molar-refractivity contribution < 1.29 is 35.9 Å². The fourth-order valence-corrected chi connectivity index (χ4v) is 4.24. The Bertz CT molecular complexity index is 1600. The number of carbonyl (C=O) groups excluding carboxylic acids is 1. The van der Waals surface area contributed by atoms with Crippen LogP contribution in [0.1, 0.15) is 16.2 Å². The molecule has 3 heterocycles. The fourth-order valence-electron chi connectivity index (χ4n) is 3.35. The Morgan fingerprint density at radius 3 is 2.47 bits per heavy atom. The number of hydrogen-bond acceptors (Lipinski definition) is 6. The van der Waals surface area contributed by atoms with Crippen LogP contribution in [0.3, 0.4) is 0 Å². The molecular weight excluding hydrogens is 512 g/mol. The van der Waals surface area contributed by atoms with E-state index in [0.29, 0.717) is 14.7 Å². The Hall–Kier alpha value is -4.20. The van der Waals surface area contributed by atoms with Crippen molar-refractivity contribution in [1.82, 2.24) is 19.6 Å². The van der Waals surface area contributed by atoms with Gasteiger partial charge in [0.15, 0.2) is 22.2 Å². The summed E-state index contributed by atoms with van der Waals surface area (Å²) in [7, 11) is 0. The highest BCUT2D eigenvalue weighted by molar-refractivity contribution is 7.22. The number of hydrogen-bond donors (Lipinski definition) is 1. The number of nitrogens with zero attached hydrogens (tertiary/aromatic N) is 4. The number of carbonyl (C=O) groups is 1. The minimum atomic E-state index is -4.83. The van der Waals surface area contributed by atoms with Crippen molar-refractivity contribution in [3.8, 4) is 17.0 Å². The molecule has 0 radical (unpaired) electrons. The maximum atomic E-state index is 13.8. The van der Waals surface area contributed by atoms with Crippen molar-refractivity contribution in [2.45, 2.75) is 12.8 Å². The molecule has 36 heavy (non-hydrogen) atoms. The quantitative estimate of drug-likeness (QED) is 0.285. The number of anilines is 1. The van der Waals surface area contributed by atoms with E-state index in [2.05, 4.69) is 25.1 Å². The lowest BCUT2D eigenvalue weighted by Gasteiger charge is -2.11. The van der Waals surface area contributed by atoms with E-state index in [0.717, 1.165) is 35.6 Å². The normalized spacial score (nSPS) is 12.0. The number of ether oxygens (including phenoxy) is 1. The molecule has 0 saturated heterocycles. The van der Waals surface area contributed by atoms with E-state index in [1.165, 1.54) is 30.3 Å². The van der Waals surface area contributed by atoms with Crippen molar-refractivity contribution >= 4 is 38.2 Å². The van der Waals surface area contributed by atoms with Gasteiger partial charge < -0.3 is 4.74 Å². The highest BCUT2D eigenvalue weighted by Gasteiger charge is 2.35. The van der Waals surface area contributed by atoms with Gasteiger partial charge in [-0.1, -0.05) is 11.3 Å². The van der Waals surface area contributed by atoms with E-state index in [-0.39, 0.29) is 33.5 Å². The molecule has 0 unspecified atom stereocenters. The number of rotatable bonds is 5. The third-order valence-electron chi connectivity index (χ3n) is 4.90. The first kappa shape index (κ1) is 23.5. The predicted molar refractivity (Wildman–Crippen MR) is 118 cm³/mol. The molecule has 0 bridgehead atoms. The molecule has 5 aromatic rings. The second-order valence-electron chi connectivity index (χ2n) is 7.31.